The van der Waals surface area contributed by atoms with Gasteiger partial charge in [-0.2, -0.15) is 0 Å². The molecule has 6 aromatic carbocycles. The van der Waals surface area contributed by atoms with Crippen LogP contribution in [0.1, 0.15) is 31.1 Å². The van der Waals surface area contributed by atoms with Gasteiger partial charge in [-0.05, 0) is 67.2 Å². The zero-order chi connectivity index (χ0) is 27.8. The number of hydrogen-bond donors (Lipinski definition) is 0. The molecule has 7 heteroatoms. The maximum atomic E-state index is 10.5. The summed E-state index contributed by atoms with van der Waals surface area (Å²) >= 11 is 0. The molecule has 6 aromatic rings. The third-order valence-electron chi connectivity index (χ3n) is 5.96. The number of carbonyl (C=O) groups excluding carboxylic acids is 3. The minimum atomic E-state index is -1.13. The predicted molar refractivity (Wildman–Crippen MR) is 151 cm³/mol. The van der Waals surface area contributed by atoms with Crippen LogP contribution >= 0.6 is 0 Å². The Balaban J connectivity index is 0.000000163. The van der Waals surface area contributed by atoms with Crippen molar-refractivity contribution in [2.75, 3.05) is 0 Å². The first kappa shape index (κ1) is 29.7. The number of fused-ring (bicyclic) bond motifs is 3. The van der Waals surface area contributed by atoms with Crippen LogP contribution in [0.15, 0.2) is 127 Å². The zero-order valence-electron chi connectivity index (χ0n) is 21.2. The molecular formula is C33H21GaO6. The van der Waals surface area contributed by atoms with Crippen LogP contribution in [0, 0.1) is 0 Å². The van der Waals surface area contributed by atoms with Gasteiger partial charge in [0.2, 0.25) is 0 Å². The number of aromatic carboxylic acids is 3. The summed E-state index contributed by atoms with van der Waals surface area (Å²) in [6.45, 7) is 0. The van der Waals surface area contributed by atoms with E-state index in [9.17, 15) is 29.7 Å². The first-order valence-electron chi connectivity index (χ1n) is 11.9. The van der Waals surface area contributed by atoms with E-state index in [1.54, 1.807) is 54.6 Å². The van der Waals surface area contributed by atoms with Crippen LogP contribution in [0.25, 0.3) is 32.3 Å². The summed E-state index contributed by atoms with van der Waals surface area (Å²) < 4.78 is 0. The van der Waals surface area contributed by atoms with Crippen molar-refractivity contribution in [3.05, 3.63) is 144 Å². The van der Waals surface area contributed by atoms with E-state index >= 15 is 0 Å². The summed E-state index contributed by atoms with van der Waals surface area (Å²) in [7, 11) is 0. The number of benzene rings is 6. The molecule has 0 aliphatic heterocycles. The van der Waals surface area contributed by atoms with Gasteiger partial charge in [0.05, 0.1) is 17.9 Å². The van der Waals surface area contributed by atoms with E-state index in [2.05, 4.69) is 0 Å². The minimum absolute atomic E-state index is 0. The van der Waals surface area contributed by atoms with Gasteiger partial charge in [-0.3, -0.25) is 0 Å². The molecule has 0 radical (unpaired) electrons. The van der Waals surface area contributed by atoms with Crippen molar-refractivity contribution in [2.24, 2.45) is 0 Å². The monoisotopic (exact) mass is 582 g/mol. The second-order valence-electron chi connectivity index (χ2n) is 8.55. The van der Waals surface area contributed by atoms with Crippen LogP contribution < -0.4 is 15.3 Å². The fourth-order valence-electron chi connectivity index (χ4n) is 3.95. The molecule has 0 bridgehead atoms. The van der Waals surface area contributed by atoms with Gasteiger partial charge in [-0.15, -0.1) is 0 Å². The summed E-state index contributed by atoms with van der Waals surface area (Å²) in [5.74, 6) is -3.40. The Morgan fingerprint density at radius 2 is 0.575 bits per heavy atom. The van der Waals surface area contributed by atoms with Gasteiger partial charge in [0.15, 0.2) is 0 Å². The molecule has 0 aliphatic carbocycles. The summed E-state index contributed by atoms with van der Waals surface area (Å²) in [5.41, 5.74) is 0.663. The molecule has 6 nitrogen and oxygen atoms in total. The number of rotatable bonds is 3. The summed E-state index contributed by atoms with van der Waals surface area (Å²) in [6.07, 6.45) is 0. The molecule has 0 saturated carbocycles. The fourth-order valence-corrected chi connectivity index (χ4v) is 3.95. The first-order chi connectivity index (χ1) is 18.8. The van der Waals surface area contributed by atoms with Gasteiger partial charge in [0.25, 0.3) is 0 Å². The van der Waals surface area contributed by atoms with E-state index < -0.39 is 17.9 Å². The first-order valence-corrected chi connectivity index (χ1v) is 11.9. The summed E-state index contributed by atoms with van der Waals surface area (Å²) in [4.78, 5) is 31.6. The van der Waals surface area contributed by atoms with Crippen molar-refractivity contribution in [1.29, 1.82) is 0 Å². The van der Waals surface area contributed by atoms with E-state index in [1.807, 2.05) is 72.8 Å². The van der Waals surface area contributed by atoms with Crippen molar-refractivity contribution in [3.63, 3.8) is 0 Å². The standard InChI is InChI=1S/3C11H8O2.Ga/c3*12-11(13)10-6-5-8-3-1-2-4-9(8)7-10;/h3*1-7H,(H,12,13);/q;;;+3/p-3. The number of carbonyl (C=O) groups is 3. The van der Waals surface area contributed by atoms with Crippen LogP contribution in [0.2, 0.25) is 0 Å². The number of carboxylic acid groups (broad SMARTS) is 3. The van der Waals surface area contributed by atoms with Gasteiger partial charge in [-0.1, -0.05) is 109 Å². The maximum absolute atomic E-state index is 10.5. The SMILES string of the molecule is O=C([O-])c1ccc2ccccc2c1.O=C([O-])c1ccc2ccccc2c1.O=C([O-])c1ccc2ccccc2c1.[Ga+3]. The van der Waals surface area contributed by atoms with Crippen molar-refractivity contribution in [3.8, 4) is 0 Å². The Hall–Kier alpha value is -4.85. The summed E-state index contributed by atoms with van der Waals surface area (Å²) in [6, 6.07) is 37.7. The third-order valence-corrected chi connectivity index (χ3v) is 5.96. The molecule has 0 atom stereocenters. The molecule has 0 spiro atoms. The van der Waals surface area contributed by atoms with Crippen molar-refractivity contribution >= 4 is 70.0 Å². The van der Waals surface area contributed by atoms with Crippen LogP contribution in [-0.2, 0) is 0 Å². The molecule has 0 heterocycles. The minimum Gasteiger partial charge on any atom is -0.545 e. The molecule has 6 rings (SSSR count). The van der Waals surface area contributed by atoms with Crippen molar-refractivity contribution in [1.82, 2.24) is 0 Å². The predicted octanol–water partition coefficient (Wildman–Crippen LogP) is 3.23. The molecule has 0 amide bonds. The second kappa shape index (κ2) is 13.8. The zero-order valence-corrected chi connectivity index (χ0v) is 23.6. The van der Waals surface area contributed by atoms with E-state index in [0.717, 1.165) is 32.3 Å². The Morgan fingerprint density at radius 3 is 0.800 bits per heavy atom. The topological polar surface area (TPSA) is 120 Å². The van der Waals surface area contributed by atoms with Crippen molar-refractivity contribution < 1.29 is 29.7 Å². The Morgan fingerprint density at radius 1 is 0.350 bits per heavy atom. The molecule has 0 fully saturated rings. The van der Waals surface area contributed by atoms with Crippen LogP contribution in [0.4, 0.5) is 0 Å². The Bertz CT molecular complexity index is 1600. The average molecular weight is 583 g/mol. The van der Waals surface area contributed by atoms with E-state index in [-0.39, 0.29) is 36.5 Å². The summed E-state index contributed by atoms with van der Waals surface area (Å²) in [5, 5.41) is 37.5. The normalized spacial score (nSPS) is 9.90. The molecule has 0 N–H and O–H groups in total. The molecule has 0 unspecified atom stereocenters. The van der Waals surface area contributed by atoms with E-state index in [4.69, 9.17) is 0 Å². The number of carboxylic acids is 3. The third kappa shape index (κ3) is 7.60. The van der Waals surface area contributed by atoms with Crippen LogP contribution in [-0.4, -0.2) is 37.7 Å². The van der Waals surface area contributed by atoms with Gasteiger partial charge in [-0.25, -0.2) is 0 Å². The quantitative estimate of drug-likeness (QED) is 0.295. The molecule has 0 aromatic heterocycles. The molecule has 0 saturated heterocycles. The second-order valence-corrected chi connectivity index (χ2v) is 8.55. The molecular weight excluding hydrogens is 562 g/mol. The molecule has 192 valence electrons. The fraction of sp³-hybridized carbons (Fsp3) is 0. The van der Waals surface area contributed by atoms with Gasteiger partial charge < -0.3 is 29.7 Å². The van der Waals surface area contributed by atoms with Gasteiger partial charge in [0, 0.05) is 0 Å². The Kier molecular flexibility index (Phi) is 10.2. The number of hydrogen-bond acceptors (Lipinski definition) is 6. The van der Waals surface area contributed by atoms with Crippen LogP contribution in [0.3, 0.4) is 0 Å². The average Bonchev–Trinajstić information content (AvgIpc) is 2.97. The van der Waals surface area contributed by atoms with Gasteiger partial charge >= 0.3 is 19.8 Å². The molecule has 0 aliphatic rings. The molecule has 40 heavy (non-hydrogen) atoms. The van der Waals surface area contributed by atoms with E-state index in [0.29, 0.717) is 0 Å². The van der Waals surface area contributed by atoms with Crippen LogP contribution in [0.5, 0.6) is 0 Å². The van der Waals surface area contributed by atoms with Crippen molar-refractivity contribution in [2.45, 2.75) is 0 Å². The smallest absolute Gasteiger partial charge is 0.545 e. The van der Waals surface area contributed by atoms with E-state index in [1.165, 1.54) is 0 Å². The largest absolute Gasteiger partial charge is 3.00 e. The maximum Gasteiger partial charge on any atom is 3.00 e. The Labute approximate surface area is 243 Å². The van der Waals surface area contributed by atoms with Gasteiger partial charge in [0.1, 0.15) is 0 Å².